The maximum atomic E-state index is 12.5. The molecule has 0 bridgehead atoms. The van der Waals surface area contributed by atoms with Crippen LogP contribution in [0.1, 0.15) is 44.2 Å². The first-order chi connectivity index (χ1) is 16.1. The van der Waals surface area contributed by atoms with E-state index in [0.717, 1.165) is 11.1 Å². The summed E-state index contributed by atoms with van der Waals surface area (Å²) in [6.07, 6.45) is 0.0372. The number of aliphatic carboxylic acids is 1. The highest BCUT2D eigenvalue weighted by molar-refractivity contribution is 5.74. The average Bonchev–Trinajstić information content (AvgIpc) is 2.81. The molecule has 0 saturated carbocycles. The van der Waals surface area contributed by atoms with Gasteiger partial charge in [-0.3, -0.25) is 4.79 Å². The molecule has 184 valence electrons. The topological polar surface area (TPSA) is 94.5 Å². The summed E-state index contributed by atoms with van der Waals surface area (Å²) in [5.41, 5.74) is 1.12. The number of amides is 1. The molecule has 1 heterocycles. The van der Waals surface area contributed by atoms with Gasteiger partial charge in [0.2, 0.25) is 0 Å². The highest BCUT2D eigenvalue weighted by atomic mass is 16.6. The van der Waals surface area contributed by atoms with Crippen LogP contribution in [0.25, 0.3) is 0 Å². The molecule has 1 amide bonds. The lowest BCUT2D eigenvalue weighted by Gasteiger charge is -2.37. The Morgan fingerprint density at radius 2 is 1.71 bits per heavy atom. The number of carboxylic acids is 1. The number of hydrogen-bond acceptors (Lipinski definition) is 6. The van der Waals surface area contributed by atoms with Crippen molar-refractivity contribution in [1.82, 2.24) is 4.90 Å². The third-order valence-electron chi connectivity index (χ3n) is 5.68. The SMILES string of the molecule is COc1cc(COc2cccc(C3CCN(C(=O)OC(C)(C)C)CC3C(=O)O)c2)cc(OC)c1. The van der Waals surface area contributed by atoms with Gasteiger partial charge in [-0.25, -0.2) is 4.79 Å². The summed E-state index contributed by atoms with van der Waals surface area (Å²) in [6.45, 7) is 6.20. The fourth-order valence-electron chi connectivity index (χ4n) is 4.04. The number of likely N-dealkylation sites (tertiary alicyclic amines) is 1. The Morgan fingerprint density at radius 3 is 2.29 bits per heavy atom. The maximum Gasteiger partial charge on any atom is 0.410 e. The zero-order chi connectivity index (χ0) is 24.9. The van der Waals surface area contributed by atoms with E-state index in [9.17, 15) is 14.7 Å². The van der Waals surface area contributed by atoms with Crippen molar-refractivity contribution in [2.75, 3.05) is 27.3 Å². The molecule has 34 heavy (non-hydrogen) atoms. The van der Waals surface area contributed by atoms with Crippen LogP contribution in [0, 0.1) is 5.92 Å². The van der Waals surface area contributed by atoms with E-state index in [4.69, 9.17) is 18.9 Å². The predicted octanol–water partition coefficient (Wildman–Crippen LogP) is 4.71. The summed E-state index contributed by atoms with van der Waals surface area (Å²) in [5, 5.41) is 9.89. The highest BCUT2D eigenvalue weighted by Crippen LogP contribution is 2.35. The summed E-state index contributed by atoms with van der Waals surface area (Å²) in [4.78, 5) is 26.0. The quantitative estimate of drug-likeness (QED) is 0.625. The lowest BCUT2D eigenvalue weighted by atomic mass is 9.80. The lowest BCUT2D eigenvalue weighted by Crippen LogP contribution is -2.47. The smallest absolute Gasteiger partial charge is 0.410 e. The molecule has 1 N–H and O–H groups in total. The van der Waals surface area contributed by atoms with E-state index in [0.29, 0.717) is 36.8 Å². The van der Waals surface area contributed by atoms with Crippen LogP contribution in [0.4, 0.5) is 4.79 Å². The van der Waals surface area contributed by atoms with Crippen molar-refractivity contribution >= 4 is 12.1 Å². The molecule has 8 heteroatoms. The average molecular weight is 472 g/mol. The molecule has 2 atom stereocenters. The minimum atomic E-state index is -0.937. The van der Waals surface area contributed by atoms with Crippen LogP contribution < -0.4 is 14.2 Å². The number of carboxylic acid groups (broad SMARTS) is 1. The fourth-order valence-corrected chi connectivity index (χ4v) is 4.04. The van der Waals surface area contributed by atoms with Crippen LogP contribution in [-0.2, 0) is 16.1 Å². The molecule has 2 aromatic rings. The first-order valence-electron chi connectivity index (χ1n) is 11.2. The molecule has 0 aromatic heterocycles. The summed E-state index contributed by atoms with van der Waals surface area (Å²) in [7, 11) is 3.19. The number of carbonyl (C=O) groups is 2. The molecule has 2 aromatic carbocycles. The fraction of sp³-hybridized carbons (Fsp3) is 0.462. The van der Waals surface area contributed by atoms with Crippen LogP contribution in [0.15, 0.2) is 42.5 Å². The monoisotopic (exact) mass is 471 g/mol. The van der Waals surface area contributed by atoms with Crippen LogP contribution in [0.2, 0.25) is 0 Å². The lowest BCUT2D eigenvalue weighted by molar-refractivity contribution is -0.144. The van der Waals surface area contributed by atoms with Gasteiger partial charge in [0, 0.05) is 25.1 Å². The zero-order valence-electron chi connectivity index (χ0n) is 20.4. The molecule has 1 saturated heterocycles. The number of hydrogen-bond donors (Lipinski definition) is 1. The van der Waals surface area contributed by atoms with E-state index in [1.807, 2.05) is 36.4 Å². The minimum absolute atomic E-state index is 0.101. The Morgan fingerprint density at radius 1 is 1.03 bits per heavy atom. The number of ether oxygens (including phenoxy) is 4. The molecule has 0 radical (unpaired) electrons. The van der Waals surface area contributed by atoms with Crippen LogP contribution in [0.5, 0.6) is 17.2 Å². The van der Waals surface area contributed by atoms with Gasteiger partial charge in [0.25, 0.3) is 0 Å². The molecule has 8 nitrogen and oxygen atoms in total. The van der Waals surface area contributed by atoms with Crippen molar-refractivity contribution < 1.29 is 33.6 Å². The van der Waals surface area contributed by atoms with E-state index >= 15 is 0 Å². The number of carbonyl (C=O) groups excluding carboxylic acids is 1. The summed E-state index contributed by atoms with van der Waals surface area (Å²) < 4.78 is 22.0. The molecule has 1 fully saturated rings. The van der Waals surface area contributed by atoms with Gasteiger partial charge >= 0.3 is 12.1 Å². The first-order valence-corrected chi connectivity index (χ1v) is 11.2. The van der Waals surface area contributed by atoms with Crippen LogP contribution >= 0.6 is 0 Å². The summed E-state index contributed by atoms with van der Waals surface area (Å²) in [6, 6.07) is 13.0. The van der Waals surface area contributed by atoms with E-state index in [2.05, 4.69) is 0 Å². The second kappa shape index (κ2) is 10.7. The third kappa shape index (κ3) is 6.56. The summed E-state index contributed by atoms with van der Waals surface area (Å²) in [5.74, 6) is 0.0716. The Hall–Kier alpha value is -3.42. The van der Waals surface area contributed by atoms with Crippen molar-refractivity contribution in [3.8, 4) is 17.2 Å². The normalized spacial score (nSPS) is 18.2. The van der Waals surface area contributed by atoms with Gasteiger partial charge in [-0.05, 0) is 62.6 Å². The largest absolute Gasteiger partial charge is 0.497 e. The standard InChI is InChI=1S/C26H33NO7/c1-26(2,3)34-25(30)27-10-9-22(23(15-27)24(28)29)18-7-6-8-19(13-18)33-16-17-11-20(31-4)14-21(12-17)32-5/h6-8,11-14,22-23H,9-10,15-16H2,1-5H3,(H,28,29). The van der Waals surface area contributed by atoms with Crippen molar-refractivity contribution in [3.05, 3.63) is 53.6 Å². The molecule has 2 unspecified atom stereocenters. The van der Waals surface area contributed by atoms with Gasteiger partial charge in [0.1, 0.15) is 29.5 Å². The second-order valence-electron chi connectivity index (χ2n) is 9.35. The maximum absolute atomic E-state index is 12.5. The Labute approximate surface area is 200 Å². The number of rotatable bonds is 7. The third-order valence-corrected chi connectivity index (χ3v) is 5.68. The van der Waals surface area contributed by atoms with Gasteiger partial charge < -0.3 is 29.0 Å². The molecule has 1 aliphatic heterocycles. The van der Waals surface area contributed by atoms with Crippen molar-refractivity contribution in [2.24, 2.45) is 5.92 Å². The van der Waals surface area contributed by atoms with Crippen LogP contribution in [-0.4, -0.2) is 55.0 Å². The van der Waals surface area contributed by atoms with E-state index in [-0.39, 0.29) is 12.5 Å². The first kappa shape index (κ1) is 25.2. The van der Waals surface area contributed by atoms with Gasteiger partial charge in [-0.1, -0.05) is 12.1 Å². The number of benzene rings is 2. The molecular weight excluding hydrogens is 438 g/mol. The Balaban J connectivity index is 1.72. The van der Waals surface area contributed by atoms with Gasteiger partial charge in [-0.15, -0.1) is 0 Å². The summed E-state index contributed by atoms with van der Waals surface area (Å²) >= 11 is 0. The van der Waals surface area contributed by atoms with Crippen molar-refractivity contribution in [3.63, 3.8) is 0 Å². The number of piperidine rings is 1. The molecular formula is C26H33NO7. The highest BCUT2D eigenvalue weighted by Gasteiger charge is 2.38. The Bertz CT molecular complexity index is 992. The van der Waals surface area contributed by atoms with Gasteiger partial charge in [0.05, 0.1) is 20.1 Å². The van der Waals surface area contributed by atoms with Crippen molar-refractivity contribution in [1.29, 1.82) is 0 Å². The minimum Gasteiger partial charge on any atom is -0.497 e. The Kier molecular flexibility index (Phi) is 7.91. The number of methoxy groups -OCH3 is 2. The van der Waals surface area contributed by atoms with Crippen LogP contribution in [0.3, 0.4) is 0 Å². The molecule has 0 spiro atoms. The van der Waals surface area contributed by atoms with E-state index < -0.39 is 23.6 Å². The predicted molar refractivity (Wildman–Crippen MR) is 127 cm³/mol. The second-order valence-corrected chi connectivity index (χ2v) is 9.35. The number of nitrogens with zero attached hydrogens (tertiary/aromatic N) is 1. The van der Waals surface area contributed by atoms with Gasteiger partial charge in [-0.2, -0.15) is 0 Å². The van der Waals surface area contributed by atoms with Gasteiger partial charge in [0.15, 0.2) is 0 Å². The molecule has 1 aliphatic rings. The van der Waals surface area contributed by atoms with E-state index in [1.165, 1.54) is 4.90 Å². The van der Waals surface area contributed by atoms with E-state index in [1.54, 1.807) is 41.1 Å². The zero-order valence-corrected chi connectivity index (χ0v) is 20.4. The molecule has 0 aliphatic carbocycles. The molecule has 3 rings (SSSR count). The van der Waals surface area contributed by atoms with Crippen molar-refractivity contribution in [2.45, 2.75) is 45.3 Å².